The number of rotatable bonds is 5. The summed E-state index contributed by atoms with van der Waals surface area (Å²) in [6.45, 7) is 0.522. The largest absolute Gasteiger partial charge is 0.450 e. The van der Waals surface area contributed by atoms with Crippen LogP contribution >= 0.6 is 11.6 Å². The fraction of sp³-hybridized carbons (Fsp3) is 0.143. The van der Waals surface area contributed by atoms with Crippen molar-refractivity contribution in [3.8, 4) is 11.5 Å². The molecule has 0 saturated carbocycles. The first-order valence-electron chi connectivity index (χ1n) is 6.11. The molecule has 0 amide bonds. The Morgan fingerprint density at radius 1 is 1.29 bits per heavy atom. The van der Waals surface area contributed by atoms with Gasteiger partial charge in [-0.15, -0.1) is 0 Å². The molecular formula is C14H12ClFN2O3. The molecule has 0 heterocycles. The molecule has 0 aliphatic heterocycles. The lowest BCUT2D eigenvalue weighted by molar-refractivity contribution is -0.385. The van der Waals surface area contributed by atoms with E-state index < -0.39 is 16.4 Å². The average Bonchev–Trinajstić information content (AvgIpc) is 2.44. The van der Waals surface area contributed by atoms with Crippen molar-refractivity contribution in [2.75, 3.05) is 6.54 Å². The van der Waals surface area contributed by atoms with Crippen LogP contribution in [0, 0.1) is 15.9 Å². The quantitative estimate of drug-likeness (QED) is 0.675. The topological polar surface area (TPSA) is 78.4 Å². The van der Waals surface area contributed by atoms with Gasteiger partial charge < -0.3 is 10.5 Å². The van der Waals surface area contributed by atoms with Crippen LogP contribution in [0.2, 0.25) is 5.02 Å². The summed E-state index contributed by atoms with van der Waals surface area (Å²) in [5, 5.41) is 10.6. The number of benzene rings is 2. The van der Waals surface area contributed by atoms with E-state index in [1.54, 1.807) is 24.3 Å². The van der Waals surface area contributed by atoms with Crippen LogP contribution in [0.25, 0.3) is 0 Å². The van der Waals surface area contributed by atoms with Gasteiger partial charge in [-0.1, -0.05) is 23.7 Å². The summed E-state index contributed by atoms with van der Waals surface area (Å²) < 4.78 is 18.8. The predicted molar refractivity (Wildman–Crippen MR) is 77.3 cm³/mol. The van der Waals surface area contributed by atoms with Crippen LogP contribution in [-0.2, 0) is 6.42 Å². The molecule has 0 bridgehead atoms. The maximum Gasteiger partial charge on any atom is 0.313 e. The zero-order valence-electron chi connectivity index (χ0n) is 10.9. The number of nitrogens with zero attached hydrogens (tertiary/aromatic N) is 1. The van der Waals surface area contributed by atoms with Crippen molar-refractivity contribution in [2.24, 2.45) is 5.73 Å². The third-order valence-corrected chi connectivity index (χ3v) is 3.07. The van der Waals surface area contributed by atoms with Crippen LogP contribution in [0.5, 0.6) is 11.5 Å². The second-order valence-corrected chi connectivity index (χ2v) is 4.68. The first-order valence-corrected chi connectivity index (χ1v) is 6.49. The molecule has 0 aromatic heterocycles. The molecular weight excluding hydrogens is 299 g/mol. The van der Waals surface area contributed by atoms with E-state index in [-0.39, 0.29) is 10.8 Å². The zero-order valence-corrected chi connectivity index (χ0v) is 11.6. The number of nitro groups is 1. The summed E-state index contributed by atoms with van der Waals surface area (Å²) >= 11 is 5.54. The Morgan fingerprint density at radius 3 is 2.52 bits per heavy atom. The molecule has 2 aromatic rings. The molecule has 0 unspecified atom stereocenters. The van der Waals surface area contributed by atoms with Crippen LogP contribution in [0.15, 0.2) is 36.4 Å². The standard InChI is InChI=1S/C14H12ClFN2O3/c15-11-7-13(18(19)20)14(8-12(11)16)21-10-3-1-9(2-4-10)5-6-17/h1-4,7-8H,5-6,17H2. The lowest BCUT2D eigenvalue weighted by Gasteiger charge is -2.08. The maximum absolute atomic E-state index is 13.4. The molecule has 0 aliphatic carbocycles. The highest BCUT2D eigenvalue weighted by molar-refractivity contribution is 6.31. The molecule has 2 N–H and O–H groups in total. The highest BCUT2D eigenvalue weighted by Crippen LogP contribution is 2.35. The van der Waals surface area contributed by atoms with Crippen LogP contribution in [0.1, 0.15) is 5.56 Å². The minimum absolute atomic E-state index is 0.200. The molecule has 7 heteroatoms. The predicted octanol–water partition coefficient (Wildman–Crippen LogP) is 3.68. The lowest BCUT2D eigenvalue weighted by Crippen LogP contribution is -2.02. The lowest BCUT2D eigenvalue weighted by atomic mass is 10.1. The van der Waals surface area contributed by atoms with Crippen LogP contribution in [-0.4, -0.2) is 11.5 Å². The second kappa shape index (κ2) is 6.51. The Morgan fingerprint density at radius 2 is 1.95 bits per heavy atom. The Balaban J connectivity index is 2.30. The minimum Gasteiger partial charge on any atom is -0.450 e. The SMILES string of the molecule is NCCc1ccc(Oc2cc(F)c(Cl)cc2[N+](=O)[O-])cc1. The molecule has 0 aliphatic rings. The second-order valence-electron chi connectivity index (χ2n) is 4.28. The molecule has 0 spiro atoms. The summed E-state index contributed by atoms with van der Waals surface area (Å²) in [5.41, 5.74) is 6.07. The van der Waals surface area contributed by atoms with E-state index in [1.807, 2.05) is 0 Å². The van der Waals surface area contributed by atoms with Gasteiger partial charge in [0.1, 0.15) is 11.6 Å². The normalized spacial score (nSPS) is 10.4. The van der Waals surface area contributed by atoms with Crippen molar-refractivity contribution in [1.82, 2.24) is 0 Å². The van der Waals surface area contributed by atoms with Crippen molar-refractivity contribution >= 4 is 17.3 Å². The Hall–Kier alpha value is -2.18. The summed E-state index contributed by atoms with van der Waals surface area (Å²) in [4.78, 5) is 10.3. The Bertz CT molecular complexity index is 662. The van der Waals surface area contributed by atoms with Gasteiger partial charge in [0, 0.05) is 12.1 Å². The number of halogens is 2. The van der Waals surface area contributed by atoms with Crippen LogP contribution < -0.4 is 10.5 Å². The molecule has 21 heavy (non-hydrogen) atoms. The third-order valence-electron chi connectivity index (χ3n) is 2.78. The Kier molecular flexibility index (Phi) is 4.72. The number of nitro benzene ring substituents is 1. The molecule has 5 nitrogen and oxygen atoms in total. The van der Waals surface area contributed by atoms with Gasteiger partial charge in [-0.05, 0) is 30.7 Å². The summed E-state index contributed by atoms with van der Waals surface area (Å²) in [6.07, 6.45) is 0.718. The number of nitrogens with two attached hydrogens (primary N) is 1. The highest BCUT2D eigenvalue weighted by Gasteiger charge is 2.19. The molecule has 0 radical (unpaired) electrons. The van der Waals surface area contributed by atoms with E-state index in [0.29, 0.717) is 12.3 Å². The molecule has 0 saturated heterocycles. The van der Waals surface area contributed by atoms with Crippen molar-refractivity contribution < 1.29 is 14.1 Å². The fourth-order valence-corrected chi connectivity index (χ4v) is 1.92. The highest BCUT2D eigenvalue weighted by atomic mass is 35.5. The number of ether oxygens (including phenoxy) is 1. The molecule has 2 aromatic carbocycles. The molecule has 2 rings (SSSR count). The van der Waals surface area contributed by atoms with E-state index in [4.69, 9.17) is 22.1 Å². The fourth-order valence-electron chi connectivity index (χ4n) is 1.76. The van der Waals surface area contributed by atoms with Crippen LogP contribution in [0.4, 0.5) is 10.1 Å². The molecule has 110 valence electrons. The van der Waals surface area contributed by atoms with Gasteiger partial charge in [-0.25, -0.2) is 4.39 Å². The smallest absolute Gasteiger partial charge is 0.313 e. The average molecular weight is 311 g/mol. The monoisotopic (exact) mass is 310 g/mol. The van der Waals surface area contributed by atoms with E-state index in [9.17, 15) is 14.5 Å². The maximum atomic E-state index is 13.4. The van der Waals surface area contributed by atoms with Gasteiger partial charge in [-0.2, -0.15) is 0 Å². The van der Waals surface area contributed by atoms with Crippen LogP contribution in [0.3, 0.4) is 0 Å². The Labute approximate surface area is 125 Å². The van der Waals surface area contributed by atoms with Gasteiger partial charge in [-0.3, -0.25) is 10.1 Å². The summed E-state index contributed by atoms with van der Waals surface area (Å²) in [5.74, 6) is -0.619. The number of hydrogen-bond donors (Lipinski definition) is 1. The first kappa shape index (κ1) is 15.2. The van der Waals surface area contributed by atoms with Crippen molar-refractivity contribution in [1.29, 1.82) is 0 Å². The molecule has 0 fully saturated rings. The summed E-state index contributed by atoms with van der Waals surface area (Å²) in [7, 11) is 0. The first-order chi connectivity index (χ1) is 10.0. The van der Waals surface area contributed by atoms with Gasteiger partial charge in [0.15, 0.2) is 0 Å². The minimum atomic E-state index is -0.781. The van der Waals surface area contributed by atoms with Crippen molar-refractivity contribution in [2.45, 2.75) is 6.42 Å². The van der Waals surface area contributed by atoms with Gasteiger partial charge in [0.25, 0.3) is 0 Å². The number of hydrogen-bond acceptors (Lipinski definition) is 4. The zero-order chi connectivity index (χ0) is 15.4. The van der Waals surface area contributed by atoms with E-state index in [1.165, 1.54) is 0 Å². The van der Waals surface area contributed by atoms with Gasteiger partial charge in [0.05, 0.1) is 9.95 Å². The van der Waals surface area contributed by atoms with E-state index in [2.05, 4.69) is 0 Å². The summed E-state index contributed by atoms with van der Waals surface area (Å²) in [6, 6.07) is 8.69. The van der Waals surface area contributed by atoms with Gasteiger partial charge in [0.2, 0.25) is 5.75 Å². The van der Waals surface area contributed by atoms with Gasteiger partial charge >= 0.3 is 5.69 Å². The van der Waals surface area contributed by atoms with Crippen molar-refractivity contribution in [3.05, 3.63) is 62.9 Å². The van der Waals surface area contributed by atoms with E-state index in [0.717, 1.165) is 24.1 Å². The van der Waals surface area contributed by atoms with E-state index >= 15 is 0 Å². The van der Waals surface area contributed by atoms with Crippen molar-refractivity contribution in [3.63, 3.8) is 0 Å². The molecule has 0 atom stereocenters. The third kappa shape index (κ3) is 3.68.